The number of furan rings is 1. The number of benzene rings is 2. The second-order valence-corrected chi connectivity index (χ2v) is 5.43. The van der Waals surface area contributed by atoms with Crippen LogP contribution in [-0.2, 0) is 6.54 Å². The maximum atomic E-state index is 12.4. The number of carbonyl (C=O) groups is 1. The Balaban J connectivity index is 1.54. The Bertz CT molecular complexity index is 954. The third-order valence-corrected chi connectivity index (χ3v) is 3.86. The van der Waals surface area contributed by atoms with Crippen molar-refractivity contribution in [1.29, 1.82) is 0 Å². The SMILES string of the molecule is O=C(NCc1ccccc1-n1ccnc1)c1cc2ccccc2o1. The number of nitrogens with one attached hydrogen (secondary N) is 1. The summed E-state index contributed by atoms with van der Waals surface area (Å²) in [6, 6.07) is 17.2. The van der Waals surface area contributed by atoms with E-state index in [4.69, 9.17) is 4.42 Å². The first kappa shape index (κ1) is 14.3. The molecule has 2 aromatic heterocycles. The zero-order chi connectivity index (χ0) is 16.4. The zero-order valence-electron chi connectivity index (χ0n) is 12.8. The van der Waals surface area contributed by atoms with Gasteiger partial charge in [0.05, 0.1) is 12.0 Å². The summed E-state index contributed by atoms with van der Waals surface area (Å²) in [7, 11) is 0. The fraction of sp³-hybridized carbons (Fsp3) is 0.0526. The van der Waals surface area contributed by atoms with Crippen LogP contribution < -0.4 is 5.32 Å². The number of fused-ring (bicyclic) bond motifs is 1. The van der Waals surface area contributed by atoms with Crippen LogP contribution in [0.4, 0.5) is 0 Å². The minimum Gasteiger partial charge on any atom is -0.451 e. The van der Waals surface area contributed by atoms with Crippen LogP contribution in [0, 0.1) is 0 Å². The van der Waals surface area contributed by atoms with Crippen LogP contribution in [0.5, 0.6) is 0 Å². The van der Waals surface area contributed by atoms with Gasteiger partial charge in [-0.15, -0.1) is 0 Å². The lowest BCUT2D eigenvalue weighted by Crippen LogP contribution is -2.23. The molecule has 2 aromatic carbocycles. The summed E-state index contributed by atoms with van der Waals surface area (Å²) < 4.78 is 7.51. The van der Waals surface area contributed by atoms with Crippen LogP contribution in [-0.4, -0.2) is 15.5 Å². The number of nitrogens with zero attached hydrogens (tertiary/aromatic N) is 2. The van der Waals surface area contributed by atoms with Gasteiger partial charge < -0.3 is 14.3 Å². The molecule has 0 bridgehead atoms. The Hall–Kier alpha value is -3.34. The van der Waals surface area contributed by atoms with Crippen LogP contribution in [0.2, 0.25) is 0 Å². The van der Waals surface area contributed by atoms with Crippen molar-refractivity contribution < 1.29 is 9.21 Å². The van der Waals surface area contributed by atoms with E-state index in [9.17, 15) is 4.79 Å². The summed E-state index contributed by atoms with van der Waals surface area (Å²) >= 11 is 0. The summed E-state index contributed by atoms with van der Waals surface area (Å²) in [5.74, 6) is 0.0861. The Morgan fingerprint density at radius 1 is 1.12 bits per heavy atom. The summed E-state index contributed by atoms with van der Waals surface area (Å²) in [6.07, 6.45) is 5.34. The van der Waals surface area contributed by atoms with Gasteiger partial charge in [0, 0.05) is 24.3 Å². The van der Waals surface area contributed by atoms with E-state index in [1.165, 1.54) is 0 Å². The second-order valence-electron chi connectivity index (χ2n) is 5.43. The lowest BCUT2D eigenvalue weighted by atomic mass is 10.1. The minimum atomic E-state index is -0.230. The van der Waals surface area contributed by atoms with E-state index in [0.29, 0.717) is 17.9 Å². The van der Waals surface area contributed by atoms with Gasteiger partial charge in [-0.3, -0.25) is 4.79 Å². The molecule has 0 spiro atoms. The molecule has 2 heterocycles. The van der Waals surface area contributed by atoms with E-state index in [1.807, 2.05) is 59.3 Å². The number of hydrogen-bond donors (Lipinski definition) is 1. The molecule has 0 saturated carbocycles. The number of hydrogen-bond acceptors (Lipinski definition) is 3. The Labute approximate surface area is 138 Å². The van der Waals surface area contributed by atoms with Crippen molar-refractivity contribution in [2.24, 2.45) is 0 Å². The molecule has 118 valence electrons. The van der Waals surface area contributed by atoms with Gasteiger partial charge in [0.25, 0.3) is 5.91 Å². The lowest BCUT2D eigenvalue weighted by molar-refractivity contribution is 0.0925. The summed E-state index contributed by atoms with van der Waals surface area (Å²) in [5.41, 5.74) is 2.70. The number of rotatable bonds is 4. The van der Waals surface area contributed by atoms with Crippen LogP contribution in [0.3, 0.4) is 0 Å². The molecule has 4 aromatic rings. The maximum Gasteiger partial charge on any atom is 0.287 e. The van der Waals surface area contributed by atoms with E-state index >= 15 is 0 Å². The molecule has 0 atom stereocenters. The van der Waals surface area contributed by atoms with Crippen LogP contribution >= 0.6 is 0 Å². The number of para-hydroxylation sites is 2. The first-order valence-electron chi connectivity index (χ1n) is 7.64. The average molecular weight is 317 g/mol. The Morgan fingerprint density at radius 2 is 1.96 bits per heavy atom. The van der Waals surface area contributed by atoms with Gasteiger partial charge in [0.1, 0.15) is 5.58 Å². The molecule has 24 heavy (non-hydrogen) atoms. The van der Waals surface area contributed by atoms with Crippen molar-refractivity contribution in [3.8, 4) is 5.69 Å². The predicted molar refractivity (Wildman–Crippen MR) is 90.9 cm³/mol. The van der Waals surface area contributed by atoms with Crippen molar-refractivity contribution >= 4 is 16.9 Å². The molecule has 0 saturated heterocycles. The van der Waals surface area contributed by atoms with E-state index in [2.05, 4.69) is 10.3 Å². The highest BCUT2D eigenvalue weighted by Crippen LogP contribution is 2.19. The molecule has 1 N–H and O–H groups in total. The second kappa shape index (κ2) is 6.04. The molecular weight excluding hydrogens is 302 g/mol. The van der Waals surface area contributed by atoms with Crippen molar-refractivity contribution in [3.05, 3.63) is 84.6 Å². The monoisotopic (exact) mass is 317 g/mol. The first-order chi connectivity index (χ1) is 11.8. The molecule has 5 heteroatoms. The zero-order valence-corrected chi connectivity index (χ0v) is 12.8. The fourth-order valence-corrected chi connectivity index (χ4v) is 2.67. The molecule has 0 aliphatic heterocycles. The van der Waals surface area contributed by atoms with Crippen molar-refractivity contribution in [2.45, 2.75) is 6.54 Å². The molecule has 0 fully saturated rings. The summed E-state index contributed by atoms with van der Waals surface area (Å²) in [4.78, 5) is 16.4. The minimum absolute atomic E-state index is 0.230. The van der Waals surface area contributed by atoms with Gasteiger partial charge in [-0.25, -0.2) is 4.98 Å². The lowest BCUT2D eigenvalue weighted by Gasteiger charge is -2.10. The highest BCUT2D eigenvalue weighted by molar-refractivity contribution is 5.96. The standard InChI is InChI=1S/C19H15N3O2/c23-19(18-11-14-5-2-4-8-17(14)24-18)21-12-15-6-1-3-7-16(15)22-10-9-20-13-22/h1-11,13H,12H2,(H,21,23). The van der Waals surface area contributed by atoms with E-state index in [-0.39, 0.29) is 5.91 Å². The number of carbonyl (C=O) groups excluding carboxylic acids is 1. The largest absolute Gasteiger partial charge is 0.451 e. The number of imidazole rings is 1. The van der Waals surface area contributed by atoms with Gasteiger partial charge in [-0.1, -0.05) is 36.4 Å². The van der Waals surface area contributed by atoms with Crippen LogP contribution in [0.15, 0.2) is 77.7 Å². The molecule has 0 unspecified atom stereocenters. The molecule has 0 aliphatic carbocycles. The molecule has 5 nitrogen and oxygen atoms in total. The van der Waals surface area contributed by atoms with Gasteiger partial charge in [-0.2, -0.15) is 0 Å². The number of aromatic nitrogens is 2. The quantitative estimate of drug-likeness (QED) is 0.626. The van der Waals surface area contributed by atoms with Crippen molar-refractivity contribution in [3.63, 3.8) is 0 Å². The van der Waals surface area contributed by atoms with E-state index < -0.39 is 0 Å². The molecule has 4 rings (SSSR count). The normalized spacial score (nSPS) is 10.8. The summed E-state index contributed by atoms with van der Waals surface area (Å²) in [5, 5.41) is 3.83. The van der Waals surface area contributed by atoms with E-state index in [1.54, 1.807) is 18.6 Å². The Kier molecular flexibility index (Phi) is 3.59. The molecule has 0 radical (unpaired) electrons. The highest BCUT2D eigenvalue weighted by Gasteiger charge is 2.12. The smallest absolute Gasteiger partial charge is 0.287 e. The fourth-order valence-electron chi connectivity index (χ4n) is 2.67. The predicted octanol–water partition coefficient (Wildman–Crippen LogP) is 3.55. The third kappa shape index (κ3) is 2.67. The molecule has 0 aliphatic rings. The van der Waals surface area contributed by atoms with E-state index in [0.717, 1.165) is 16.6 Å². The van der Waals surface area contributed by atoms with Gasteiger partial charge in [0.2, 0.25) is 0 Å². The van der Waals surface area contributed by atoms with Crippen LogP contribution in [0.1, 0.15) is 16.1 Å². The number of amides is 1. The third-order valence-electron chi connectivity index (χ3n) is 3.86. The first-order valence-corrected chi connectivity index (χ1v) is 7.64. The van der Waals surface area contributed by atoms with Crippen LogP contribution in [0.25, 0.3) is 16.7 Å². The summed E-state index contributed by atoms with van der Waals surface area (Å²) in [6.45, 7) is 0.407. The van der Waals surface area contributed by atoms with Gasteiger partial charge in [-0.05, 0) is 23.8 Å². The molecule has 1 amide bonds. The maximum absolute atomic E-state index is 12.4. The Morgan fingerprint density at radius 3 is 2.79 bits per heavy atom. The highest BCUT2D eigenvalue weighted by atomic mass is 16.3. The average Bonchev–Trinajstić information content (AvgIpc) is 3.29. The van der Waals surface area contributed by atoms with Gasteiger partial charge in [0.15, 0.2) is 5.76 Å². The molecular formula is C19H15N3O2. The van der Waals surface area contributed by atoms with Gasteiger partial charge >= 0.3 is 0 Å². The van der Waals surface area contributed by atoms with Crippen molar-refractivity contribution in [2.75, 3.05) is 0 Å². The van der Waals surface area contributed by atoms with Crippen molar-refractivity contribution in [1.82, 2.24) is 14.9 Å². The topological polar surface area (TPSA) is 60.1 Å².